The van der Waals surface area contributed by atoms with Crippen molar-refractivity contribution in [1.29, 1.82) is 0 Å². The van der Waals surface area contributed by atoms with Gasteiger partial charge in [0.05, 0.1) is 7.11 Å². The molecule has 82 valence electrons. The number of hydrogen-bond acceptors (Lipinski definition) is 2. The zero-order chi connectivity index (χ0) is 10.9. The van der Waals surface area contributed by atoms with E-state index in [1.807, 2.05) is 12.1 Å². The summed E-state index contributed by atoms with van der Waals surface area (Å²) in [6, 6.07) is 8.88. The van der Waals surface area contributed by atoms with Crippen molar-refractivity contribution in [3.63, 3.8) is 0 Å². The van der Waals surface area contributed by atoms with Crippen molar-refractivity contribution in [2.24, 2.45) is 0 Å². The normalized spacial score (nSPS) is 30.5. The Morgan fingerprint density at radius 1 is 1.40 bits per heavy atom. The van der Waals surface area contributed by atoms with E-state index in [9.17, 15) is 0 Å². The van der Waals surface area contributed by atoms with Crippen LogP contribution in [-0.2, 0) is 5.54 Å². The van der Waals surface area contributed by atoms with E-state index in [1.54, 1.807) is 7.11 Å². The van der Waals surface area contributed by atoms with Crippen molar-refractivity contribution < 1.29 is 4.74 Å². The molecule has 2 atom stereocenters. The molecule has 0 radical (unpaired) electrons. The Kier molecular flexibility index (Phi) is 2.70. The lowest BCUT2D eigenvalue weighted by molar-refractivity contribution is 0.363. The molecule has 1 aliphatic heterocycles. The van der Waals surface area contributed by atoms with E-state index in [-0.39, 0.29) is 5.54 Å². The van der Waals surface area contributed by atoms with Crippen LogP contribution in [0.5, 0.6) is 5.75 Å². The summed E-state index contributed by atoms with van der Waals surface area (Å²) in [4.78, 5) is 0. The van der Waals surface area contributed by atoms with Gasteiger partial charge in [0.15, 0.2) is 0 Å². The van der Waals surface area contributed by atoms with Crippen LogP contribution in [0.15, 0.2) is 24.3 Å². The van der Waals surface area contributed by atoms with Crippen LogP contribution in [0.4, 0.5) is 0 Å². The molecule has 1 N–H and O–H groups in total. The lowest BCUT2D eigenvalue weighted by atomic mass is 9.90. The van der Waals surface area contributed by atoms with Gasteiger partial charge in [-0.25, -0.2) is 0 Å². The molecule has 1 aromatic carbocycles. The Morgan fingerprint density at radius 2 is 2.13 bits per heavy atom. The average Bonchev–Trinajstić information content (AvgIpc) is 2.60. The minimum atomic E-state index is 0.0754. The molecule has 1 fully saturated rings. The maximum Gasteiger partial charge on any atom is 0.123 e. The maximum atomic E-state index is 5.42. The molecule has 0 bridgehead atoms. The molecular weight excluding hydrogens is 186 g/mol. The number of benzene rings is 1. The van der Waals surface area contributed by atoms with Crippen molar-refractivity contribution in [3.8, 4) is 5.75 Å². The fourth-order valence-corrected chi connectivity index (χ4v) is 2.51. The minimum Gasteiger partial charge on any atom is -0.496 e. The first-order valence-electron chi connectivity index (χ1n) is 5.57. The topological polar surface area (TPSA) is 21.3 Å². The van der Waals surface area contributed by atoms with Crippen molar-refractivity contribution in [1.82, 2.24) is 5.32 Å². The highest BCUT2D eigenvalue weighted by Crippen LogP contribution is 2.37. The van der Waals surface area contributed by atoms with Gasteiger partial charge in [0, 0.05) is 17.1 Å². The first-order valence-corrected chi connectivity index (χ1v) is 5.57. The number of rotatable bonds is 2. The van der Waals surface area contributed by atoms with Crippen LogP contribution in [0.1, 0.15) is 32.3 Å². The quantitative estimate of drug-likeness (QED) is 0.801. The van der Waals surface area contributed by atoms with Gasteiger partial charge in [-0.3, -0.25) is 0 Å². The number of nitrogens with one attached hydrogen (secondary N) is 1. The highest BCUT2D eigenvalue weighted by Gasteiger charge is 2.35. The van der Waals surface area contributed by atoms with E-state index in [2.05, 4.69) is 31.3 Å². The second-order valence-corrected chi connectivity index (χ2v) is 4.62. The standard InChI is InChI=1S/C13H19NO/c1-10-8-9-13(2,14-10)11-6-4-5-7-12(11)15-3/h4-7,10,14H,8-9H2,1-3H3. The lowest BCUT2D eigenvalue weighted by Crippen LogP contribution is -2.36. The second-order valence-electron chi connectivity index (χ2n) is 4.62. The molecule has 0 spiro atoms. The Bertz CT molecular complexity index is 350. The molecule has 2 heteroatoms. The number of hydrogen-bond donors (Lipinski definition) is 1. The summed E-state index contributed by atoms with van der Waals surface area (Å²) in [5.41, 5.74) is 1.35. The highest BCUT2D eigenvalue weighted by atomic mass is 16.5. The first-order chi connectivity index (χ1) is 7.15. The van der Waals surface area contributed by atoms with Gasteiger partial charge in [-0.1, -0.05) is 18.2 Å². The van der Waals surface area contributed by atoms with Gasteiger partial charge in [-0.15, -0.1) is 0 Å². The van der Waals surface area contributed by atoms with Gasteiger partial charge in [0.25, 0.3) is 0 Å². The van der Waals surface area contributed by atoms with E-state index < -0.39 is 0 Å². The third kappa shape index (κ3) is 1.86. The third-order valence-corrected chi connectivity index (χ3v) is 3.34. The van der Waals surface area contributed by atoms with Crippen LogP contribution in [-0.4, -0.2) is 13.2 Å². The van der Waals surface area contributed by atoms with E-state index >= 15 is 0 Å². The summed E-state index contributed by atoms with van der Waals surface area (Å²) in [5.74, 6) is 0.988. The summed E-state index contributed by atoms with van der Waals surface area (Å²) in [5, 5.41) is 3.64. The summed E-state index contributed by atoms with van der Waals surface area (Å²) in [6.07, 6.45) is 2.41. The zero-order valence-electron chi connectivity index (χ0n) is 9.71. The summed E-state index contributed by atoms with van der Waals surface area (Å²) < 4.78 is 5.42. The molecule has 1 aliphatic rings. The van der Waals surface area contributed by atoms with Crippen molar-refractivity contribution in [2.75, 3.05) is 7.11 Å². The van der Waals surface area contributed by atoms with Crippen LogP contribution >= 0.6 is 0 Å². The van der Waals surface area contributed by atoms with Gasteiger partial charge >= 0.3 is 0 Å². The van der Waals surface area contributed by atoms with Gasteiger partial charge in [-0.2, -0.15) is 0 Å². The fraction of sp³-hybridized carbons (Fsp3) is 0.538. The Hall–Kier alpha value is -1.02. The van der Waals surface area contributed by atoms with Crippen LogP contribution in [0.2, 0.25) is 0 Å². The second kappa shape index (κ2) is 3.86. The van der Waals surface area contributed by atoms with Crippen molar-refractivity contribution >= 4 is 0 Å². The van der Waals surface area contributed by atoms with Crippen LogP contribution in [0.25, 0.3) is 0 Å². The molecule has 1 aromatic rings. The molecule has 0 saturated carbocycles. The van der Waals surface area contributed by atoms with E-state index in [4.69, 9.17) is 4.74 Å². The highest BCUT2D eigenvalue weighted by molar-refractivity contribution is 5.39. The van der Waals surface area contributed by atoms with E-state index in [0.717, 1.165) is 5.75 Å². The first kappa shape index (κ1) is 10.5. The van der Waals surface area contributed by atoms with E-state index in [0.29, 0.717) is 6.04 Å². The molecule has 1 heterocycles. The smallest absolute Gasteiger partial charge is 0.123 e. The molecule has 2 unspecified atom stereocenters. The van der Waals surface area contributed by atoms with Gasteiger partial charge in [-0.05, 0) is 32.8 Å². The number of para-hydroxylation sites is 1. The van der Waals surface area contributed by atoms with Gasteiger partial charge in [0.2, 0.25) is 0 Å². The number of methoxy groups -OCH3 is 1. The van der Waals surface area contributed by atoms with Crippen LogP contribution in [0.3, 0.4) is 0 Å². The molecule has 0 aromatic heterocycles. The number of ether oxygens (including phenoxy) is 1. The van der Waals surface area contributed by atoms with Crippen molar-refractivity contribution in [2.45, 2.75) is 38.3 Å². The summed E-state index contributed by atoms with van der Waals surface area (Å²) in [6.45, 7) is 4.50. The zero-order valence-corrected chi connectivity index (χ0v) is 9.71. The lowest BCUT2D eigenvalue weighted by Gasteiger charge is -2.27. The molecule has 0 amide bonds. The van der Waals surface area contributed by atoms with E-state index in [1.165, 1.54) is 18.4 Å². The van der Waals surface area contributed by atoms with Crippen molar-refractivity contribution in [3.05, 3.63) is 29.8 Å². The summed E-state index contributed by atoms with van der Waals surface area (Å²) >= 11 is 0. The maximum absolute atomic E-state index is 5.42. The largest absolute Gasteiger partial charge is 0.496 e. The van der Waals surface area contributed by atoms with Crippen LogP contribution in [0, 0.1) is 0 Å². The summed E-state index contributed by atoms with van der Waals surface area (Å²) in [7, 11) is 1.74. The molecule has 15 heavy (non-hydrogen) atoms. The molecule has 1 saturated heterocycles. The molecule has 2 rings (SSSR count). The van der Waals surface area contributed by atoms with Gasteiger partial charge in [0.1, 0.15) is 5.75 Å². The SMILES string of the molecule is COc1ccccc1C1(C)CCC(C)N1. The predicted molar refractivity (Wildman–Crippen MR) is 62.2 cm³/mol. The Labute approximate surface area is 91.6 Å². The third-order valence-electron chi connectivity index (χ3n) is 3.34. The monoisotopic (exact) mass is 205 g/mol. The molecular formula is C13H19NO. The predicted octanol–water partition coefficient (Wildman–Crippen LogP) is 2.68. The van der Waals surface area contributed by atoms with Gasteiger partial charge < -0.3 is 10.1 Å². The Morgan fingerprint density at radius 3 is 2.73 bits per heavy atom. The fourth-order valence-electron chi connectivity index (χ4n) is 2.51. The minimum absolute atomic E-state index is 0.0754. The average molecular weight is 205 g/mol. The molecule has 2 nitrogen and oxygen atoms in total. The van der Waals surface area contributed by atoms with Crippen LogP contribution < -0.4 is 10.1 Å². The molecule has 0 aliphatic carbocycles. The Balaban J connectivity index is 2.36.